The number of hydrogen-bond acceptors (Lipinski definition) is 5. The van der Waals surface area contributed by atoms with Crippen molar-refractivity contribution in [2.75, 3.05) is 27.9 Å². The fourth-order valence-electron chi connectivity index (χ4n) is 3.45. The fourth-order valence-corrected chi connectivity index (χ4v) is 6.82. The third-order valence-corrected chi connectivity index (χ3v) is 8.36. The molecule has 30 heavy (non-hydrogen) atoms. The lowest BCUT2D eigenvalue weighted by Gasteiger charge is -2.29. The van der Waals surface area contributed by atoms with Gasteiger partial charge in [-0.3, -0.25) is 9.03 Å². The summed E-state index contributed by atoms with van der Waals surface area (Å²) in [4.78, 5) is -0.140. The highest BCUT2D eigenvalue weighted by atomic mass is 35.5. The lowest BCUT2D eigenvalue weighted by Crippen LogP contribution is -2.38. The number of ether oxygens (including phenoxy) is 1. The Balaban J connectivity index is 2.08. The third-order valence-electron chi connectivity index (χ3n) is 4.82. The van der Waals surface area contributed by atoms with Crippen molar-refractivity contribution in [3.8, 4) is 5.75 Å². The van der Waals surface area contributed by atoms with E-state index in [2.05, 4.69) is 4.72 Å². The van der Waals surface area contributed by atoms with Gasteiger partial charge in [0, 0.05) is 6.54 Å². The topological polar surface area (TPSA) is 92.8 Å². The van der Waals surface area contributed by atoms with Gasteiger partial charge in [0.25, 0.3) is 10.0 Å². The summed E-state index contributed by atoms with van der Waals surface area (Å²) in [6.45, 7) is 5.94. The Hall–Kier alpha value is -1.97. The van der Waals surface area contributed by atoms with Crippen LogP contribution in [-0.2, 0) is 20.0 Å². The molecule has 7 nitrogen and oxygen atoms in total. The molecule has 0 aromatic heterocycles. The Bertz CT molecular complexity index is 1140. The van der Waals surface area contributed by atoms with Gasteiger partial charge in [-0.2, -0.15) is 0 Å². The lowest BCUT2D eigenvalue weighted by molar-refractivity contribution is 0.331. The van der Waals surface area contributed by atoms with Crippen molar-refractivity contribution in [1.82, 2.24) is 0 Å². The van der Waals surface area contributed by atoms with Crippen molar-refractivity contribution in [3.63, 3.8) is 0 Å². The van der Waals surface area contributed by atoms with Crippen LogP contribution < -0.4 is 13.8 Å². The van der Waals surface area contributed by atoms with Crippen LogP contribution in [0.25, 0.3) is 0 Å². The SMILES string of the molecule is CCOc1ccc(N2CCCCS2(=O)=O)cc1S(=O)(=O)Nc1c(C)cc(C)cc1Cl. The van der Waals surface area contributed by atoms with Gasteiger partial charge in [0.2, 0.25) is 10.0 Å². The van der Waals surface area contributed by atoms with Crippen LogP contribution >= 0.6 is 11.6 Å². The quantitative estimate of drug-likeness (QED) is 0.683. The molecule has 0 saturated carbocycles. The van der Waals surface area contributed by atoms with E-state index in [1.807, 2.05) is 13.0 Å². The number of rotatable bonds is 6. The summed E-state index contributed by atoms with van der Waals surface area (Å²) in [5.41, 5.74) is 2.16. The summed E-state index contributed by atoms with van der Waals surface area (Å²) in [5, 5.41) is 0.281. The van der Waals surface area contributed by atoms with E-state index in [-0.39, 0.29) is 33.7 Å². The highest BCUT2D eigenvalue weighted by molar-refractivity contribution is 7.93. The number of halogens is 1. The van der Waals surface area contributed by atoms with Crippen molar-refractivity contribution in [2.45, 2.75) is 38.5 Å². The van der Waals surface area contributed by atoms with Crippen LogP contribution in [0.1, 0.15) is 30.9 Å². The molecule has 2 aromatic carbocycles. The molecule has 1 aliphatic rings. The van der Waals surface area contributed by atoms with Gasteiger partial charge < -0.3 is 4.74 Å². The minimum atomic E-state index is -4.10. The molecule has 1 fully saturated rings. The molecule has 0 spiro atoms. The second-order valence-electron chi connectivity index (χ2n) is 7.20. The monoisotopic (exact) mass is 472 g/mol. The first kappa shape index (κ1) is 22.7. The van der Waals surface area contributed by atoms with E-state index in [0.717, 1.165) is 5.56 Å². The van der Waals surface area contributed by atoms with Gasteiger partial charge in [-0.25, -0.2) is 16.8 Å². The van der Waals surface area contributed by atoms with E-state index >= 15 is 0 Å². The van der Waals surface area contributed by atoms with E-state index in [4.69, 9.17) is 16.3 Å². The van der Waals surface area contributed by atoms with Gasteiger partial charge in [0.1, 0.15) is 10.6 Å². The molecule has 1 N–H and O–H groups in total. The molecule has 1 heterocycles. The highest BCUT2D eigenvalue weighted by Gasteiger charge is 2.29. The van der Waals surface area contributed by atoms with E-state index < -0.39 is 20.0 Å². The molecule has 1 saturated heterocycles. The van der Waals surface area contributed by atoms with Crippen LogP contribution in [0.15, 0.2) is 35.2 Å². The van der Waals surface area contributed by atoms with E-state index in [9.17, 15) is 16.8 Å². The summed E-state index contributed by atoms with van der Waals surface area (Å²) < 4.78 is 60.8. The van der Waals surface area contributed by atoms with E-state index in [1.165, 1.54) is 16.4 Å². The van der Waals surface area contributed by atoms with Crippen molar-refractivity contribution in [2.24, 2.45) is 0 Å². The van der Waals surface area contributed by atoms with Gasteiger partial charge in [-0.15, -0.1) is 0 Å². The molecular weight excluding hydrogens is 448 g/mol. The van der Waals surface area contributed by atoms with Gasteiger partial charge in [0.05, 0.1) is 28.8 Å². The van der Waals surface area contributed by atoms with Crippen molar-refractivity contribution < 1.29 is 21.6 Å². The number of nitrogens with one attached hydrogen (secondary N) is 1. The maximum absolute atomic E-state index is 13.3. The third kappa shape index (κ3) is 4.68. The summed E-state index contributed by atoms with van der Waals surface area (Å²) in [7, 11) is -7.59. The molecule has 0 unspecified atom stereocenters. The van der Waals surface area contributed by atoms with Crippen LogP contribution in [0.2, 0.25) is 5.02 Å². The van der Waals surface area contributed by atoms with Gasteiger partial charge >= 0.3 is 0 Å². The Labute approximate surface area is 183 Å². The number of aryl methyl sites for hydroxylation is 2. The molecule has 164 valence electrons. The van der Waals surface area contributed by atoms with E-state index in [1.54, 1.807) is 26.0 Å². The predicted molar refractivity (Wildman–Crippen MR) is 120 cm³/mol. The van der Waals surface area contributed by atoms with Crippen LogP contribution in [0.3, 0.4) is 0 Å². The molecule has 0 aliphatic carbocycles. The number of sulfonamides is 2. The predicted octanol–water partition coefficient (Wildman–Crippen LogP) is 4.09. The number of nitrogens with zero attached hydrogens (tertiary/aromatic N) is 1. The van der Waals surface area contributed by atoms with E-state index in [0.29, 0.717) is 30.6 Å². The Morgan fingerprint density at radius 3 is 2.53 bits per heavy atom. The van der Waals surface area contributed by atoms with Crippen LogP contribution in [0, 0.1) is 13.8 Å². The van der Waals surface area contributed by atoms with Gasteiger partial charge in [-0.1, -0.05) is 17.7 Å². The molecule has 2 aromatic rings. The second kappa shape index (κ2) is 8.64. The van der Waals surface area contributed by atoms with Gasteiger partial charge in [-0.05, 0) is 69.0 Å². The van der Waals surface area contributed by atoms with Crippen LogP contribution in [0.5, 0.6) is 5.75 Å². The number of anilines is 2. The minimum absolute atomic E-state index is 0.0404. The first-order valence-corrected chi connectivity index (χ1v) is 13.1. The first-order valence-electron chi connectivity index (χ1n) is 9.62. The van der Waals surface area contributed by atoms with Crippen molar-refractivity contribution in [1.29, 1.82) is 0 Å². The maximum atomic E-state index is 13.3. The molecule has 1 aliphatic heterocycles. The average molecular weight is 473 g/mol. The zero-order valence-electron chi connectivity index (χ0n) is 17.1. The molecular formula is C20H25ClN2O5S2. The summed E-state index contributed by atoms with van der Waals surface area (Å²) in [5.74, 6) is 0.183. The number of benzene rings is 2. The zero-order chi connectivity index (χ0) is 22.1. The normalized spacial score (nSPS) is 16.3. The number of hydrogen-bond donors (Lipinski definition) is 1. The molecule has 0 amide bonds. The molecule has 3 rings (SSSR count). The average Bonchev–Trinajstić information content (AvgIpc) is 2.65. The van der Waals surface area contributed by atoms with Crippen molar-refractivity contribution >= 4 is 43.0 Å². The Morgan fingerprint density at radius 2 is 1.90 bits per heavy atom. The first-order chi connectivity index (χ1) is 14.0. The smallest absolute Gasteiger partial charge is 0.265 e. The molecule has 0 radical (unpaired) electrons. The highest BCUT2D eigenvalue weighted by Crippen LogP contribution is 2.35. The summed E-state index contributed by atoms with van der Waals surface area (Å²) >= 11 is 6.27. The summed E-state index contributed by atoms with van der Waals surface area (Å²) in [6, 6.07) is 7.89. The maximum Gasteiger partial charge on any atom is 0.265 e. The van der Waals surface area contributed by atoms with Crippen LogP contribution in [-0.4, -0.2) is 35.7 Å². The fraction of sp³-hybridized carbons (Fsp3) is 0.400. The minimum Gasteiger partial charge on any atom is -0.492 e. The van der Waals surface area contributed by atoms with Crippen molar-refractivity contribution in [3.05, 3.63) is 46.5 Å². The zero-order valence-corrected chi connectivity index (χ0v) is 19.5. The Morgan fingerprint density at radius 1 is 1.17 bits per heavy atom. The van der Waals surface area contributed by atoms with Gasteiger partial charge in [0.15, 0.2) is 0 Å². The largest absolute Gasteiger partial charge is 0.492 e. The second-order valence-corrected chi connectivity index (χ2v) is 11.3. The standard InChI is InChI=1S/C20H25ClN2O5S2/c1-4-28-18-8-7-16(23-9-5-6-10-29(23,24)25)13-19(18)30(26,27)22-20-15(3)11-14(2)12-17(20)21/h7-8,11-13,22H,4-6,9-10H2,1-3H3. The molecule has 10 heteroatoms. The lowest BCUT2D eigenvalue weighted by atomic mass is 10.1. The van der Waals surface area contributed by atoms with Crippen LogP contribution in [0.4, 0.5) is 11.4 Å². The molecule has 0 atom stereocenters. The molecule has 0 bridgehead atoms. The summed E-state index contributed by atoms with van der Waals surface area (Å²) in [6.07, 6.45) is 1.30. The Kier molecular flexibility index (Phi) is 6.54.